The molecule has 1 aromatic rings. The molecule has 1 aliphatic heterocycles. The highest BCUT2D eigenvalue weighted by Gasteiger charge is 2.26. The van der Waals surface area contributed by atoms with Crippen LogP contribution in [0.15, 0.2) is 29.2 Å². The second kappa shape index (κ2) is 11.6. The molecule has 0 N–H and O–H groups in total. The fourth-order valence-corrected chi connectivity index (χ4v) is 5.50. The van der Waals surface area contributed by atoms with Crippen LogP contribution in [-0.4, -0.2) is 94.7 Å². The van der Waals surface area contributed by atoms with Gasteiger partial charge in [0, 0.05) is 31.9 Å². The van der Waals surface area contributed by atoms with Gasteiger partial charge in [-0.25, -0.2) is 16.8 Å². The Labute approximate surface area is 193 Å². The van der Waals surface area contributed by atoms with Gasteiger partial charge in [0.1, 0.15) is 0 Å². The molecule has 1 unspecified atom stereocenters. The SMILES string of the molecule is CCN(CCCCN1CCCN(S(C)(=O)=O)CC1=O)C(C)Cc1ccc(S(C)(=O)=O)cc1. The van der Waals surface area contributed by atoms with Crippen molar-refractivity contribution in [2.45, 2.75) is 50.5 Å². The number of hydrogen-bond donors (Lipinski definition) is 0. The van der Waals surface area contributed by atoms with Crippen LogP contribution >= 0.6 is 0 Å². The molecule has 10 heteroatoms. The van der Waals surface area contributed by atoms with Crippen LogP contribution in [0.5, 0.6) is 0 Å². The standard InChI is InChI=1S/C22H37N3O5S2/c1-5-23(19(2)17-20-9-11-21(12-10-20)31(3,27)28)13-6-7-14-24-15-8-16-25(18-22(24)26)32(4,29)30/h9-12,19H,5-8,13-18H2,1-4H3. The Morgan fingerprint density at radius 1 is 1.03 bits per heavy atom. The Morgan fingerprint density at radius 3 is 2.25 bits per heavy atom. The van der Waals surface area contributed by atoms with Crippen molar-refractivity contribution in [3.63, 3.8) is 0 Å². The van der Waals surface area contributed by atoms with Crippen LogP contribution in [0.4, 0.5) is 0 Å². The van der Waals surface area contributed by atoms with Gasteiger partial charge in [0.25, 0.3) is 0 Å². The predicted octanol–water partition coefficient (Wildman–Crippen LogP) is 1.62. The molecular formula is C22H37N3O5S2. The molecule has 1 aromatic carbocycles. The van der Waals surface area contributed by atoms with Gasteiger partial charge in [-0.1, -0.05) is 19.1 Å². The van der Waals surface area contributed by atoms with Crippen molar-refractivity contribution in [2.75, 3.05) is 51.8 Å². The molecule has 8 nitrogen and oxygen atoms in total. The molecule has 0 aromatic heterocycles. The Kier molecular flexibility index (Phi) is 9.68. The molecule has 1 heterocycles. The summed E-state index contributed by atoms with van der Waals surface area (Å²) in [6.45, 7) is 7.71. The summed E-state index contributed by atoms with van der Waals surface area (Å²) in [5, 5.41) is 0. The van der Waals surface area contributed by atoms with Gasteiger partial charge >= 0.3 is 0 Å². The molecule has 1 atom stereocenters. The van der Waals surface area contributed by atoms with Gasteiger partial charge < -0.3 is 9.80 Å². The van der Waals surface area contributed by atoms with E-state index in [2.05, 4.69) is 18.7 Å². The van der Waals surface area contributed by atoms with Crippen molar-refractivity contribution in [3.8, 4) is 0 Å². The minimum atomic E-state index is -3.34. The molecule has 1 aliphatic rings. The molecule has 1 saturated heterocycles. The molecule has 0 spiro atoms. The minimum Gasteiger partial charge on any atom is -0.342 e. The van der Waals surface area contributed by atoms with Crippen LogP contribution in [0, 0.1) is 0 Å². The molecule has 0 saturated carbocycles. The lowest BCUT2D eigenvalue weighted by Gasteiger charge is -2.28. The van der Waals surface area contributed by atoms with Gasteiger partial charge in [-0.3, -0.25) is 4.79 Å². The number of sulfone groups is 1. The molecule has 1 fully saturated rings. The van der Waals surface area contributed by atoms with Crippen LogP contribution < -0.4 is 0 Å². The van der Waals surface area contributed by atoms with Crippen LogP contribution in [0.25, 0.3) is 0 Å². The summed E-state index contributed by atoms with van der Waals surface area (Å²) in [6, 6.07) is 7.40. The van der Waals surface area contributed by atoms with E-state index >= 15 is 0 Å². The van der Waals surface area contributed by atoms with Crippen LogP contribution in [0.1, 0.15) is 38.7 Å². The maximum atomic E-state index is 12.4. The highest BCUT2D eigenvalue weighted by molar-refractivity contribution is 7.90. The number of nitrogens with zero attached hydrogens (tertiary/aromatic N) is 3. The third-order valence-electron chi connectivity index (χ3n) is 6.00. The molecular weight excluding hydrogens is 450 g/mol. The Balaban J connectivity index is 1.80. The van der Waals surface area contributed by atoms with E-state index in [4.69, 9.17) is 0 Å². The topological polar surface area (TPSA) is 95.1 Å². The molecule has 32 heavy (non-hydrogen) atoms. The minimum absolute atomic E-state index is 0.0604. The number of benzene rings is 1. The summed E-state index contributed by atoms with van der Waals surface area (Å²) in [5.41, 5.74) is 1.11. The Morgan fingerprint density at radius 2 is 1.69 bits per heavy atom. The first kappa shape index (κ1) is 26.8. The van der Waals surface area contributed by atoms with Crippen molar-refractivity contribution >= 4 is 25.8 Å². The maximum absolute atomic E-state index is 12.4. The summed E-state index contributed by atoms with van der Waals surface area (Å²) in [5.74, 6) is -0.119. The zero-order chi connectivity index (χ0) is 23.9. The van der Waals surface area contributed by atoms with Gasteiger partial charge in [-0.15, -0.1) is 0 Å². The molecule has 2 rings (SSSR count). The smallest absolute Gasteiger partial charge is 0.237 e. The number of hydrogen-bond acceptors (Lipinski definition) is 6. The second-order valence-electron chi connectivity index (χ2n) is 8.64. The molecule has 0 bridgehead atoms. The lowest BCUT2D eigenvalue weighted by Crippen LogP contribution is -2.39. The van der Waals surface area contributed by atoms with E-state index in [0.29, 0.717) is 37.0 Å². The monoisotopic (exact) mass is 487 g/mol. The van der Waals surface area contributed by atoms with Crippen molar-refractivity contribution in [1.82, 2.24) is 14.1 Å². The third kappa shape index (κ3) is 8.13. The third-order valence-corrected chi connectivity index (χ3v) is 8.38. The highest BCUT2D eigenvalue weighted by Crippen LogP contribution is 2.15. The van der Waals surface area contributed by atoms with Crippen molar-refractivity contribution in [1.29, 1.82) is 0 Å². The van der Waals surface area contributed by atoms with Crippen LogP contribution in [0.2, 0.25) is 0 Å². The van der Waals surface area contributed by atoms with Gasteiger partial charge in [0.05, 0.1) is 17.7 Å². The number of carbonyl (C=O) groups excluding carboxylic acids is 1. The fraction of sp³-hybridized carbons (Fsp3) is 0.682. The molecule has 182 valence electrons. The van der Waals surface area contributed by atoms with E-state index in [9.17, 15) is 21.6 Å². The van der Waals surface area contributed by atoms with Crippen molar-refractivity contribution in [3.05, 3.63) is 29.8 Å². The average molecular weight is 488 g/mol. The largest absolute Gasteiger partial charge is 0.342 e. The molecule has 0 aliphatic carbocycles. The van der Waals surface area contributed by atoms with Gasteiger partial charge in [0.15, 0.2) is 9.84 Å². The van der Waals surface area contributed by atoms with Crippen molar-refractivity contribution in [2.24, 2.45) is 0 Å². The summed E-state index contributed by atoms with van der Waals surface area (Å²) >= 11 is 0. The summed E-state index contributed by atoms with van der Waals surface area (Å²) in [4.78, 5) is 16.9. The van der Waals surface area contributed by atoms with Gasteiger partial charge in [-0.2, -0.15) is 4.31 Å². The van der Waals surface area contributed by atoms with Crippen molar-refractivity contribution < 1.29 is 21.6 Å². The van der Waals surface area contributed by atoms with E-state index in [1.165, 1.54) is 10.6 Å². The number of unbranched alkanes of at least 4 members (excludes halogenated alkanes) is 1. The summed E-state index contributed by atoms with van der Waals surface area (Å²) < 4.78 is 48.0. The van der Waals surface area contributed by atoms with E-state index in [1.54, 1.807) is 17.0 Å². The van der Waals surface area contributed by atoms with Crippen LogP contribution in [0.3, 0.4) is 0 Å². The lowest BCUT2D eigenvalue weighted by atomic mass is 10.1. The fourth-order valence-electron chi connectivity index (χ4n) is 4.06. The zero-order valence-electron chi connectivity index (χ0n) is 19.7. The summed E-state index contributed by atoms with van der Waals surface area (Å²) in [6.07, 6.45) is 5.68. The lowest BCUT2D eigenvalue weighted by molar-refractivity contribution is -0.130. The first-order valence-electron chi connectivity index (χ1n) is 11.2. The predicted molar refractivity (Wildman–Crippen MR) is 127 cm³/mol. The van der Waals surface area contributed by atoms with Crippen LogP contribution in [-0.2, 0) is 31.1 Å². The quantitative estimate of drug-likeness (QED) is 0.440. The highest BCUT2D eigenvalue weighted by atomic mass is 32.2. The average Bonchev–Trinajstić information content (AvgIpc) is 2.89. The van der Waals surface area contributed by atoms with E-state index < -0.39 is 19.9 Å². The summed E-state index contributed by atoms with van der Waals surface area (Å²) in [7, 11) is -6.52. The zero-order valence-corrected chi connectivity index (χ0v) is 21.3. The van der Waals surface area contributed by atoms with Gasteiger partial charge in [0.2, 0.25) is 15.9 Å². The molecule has 0 radical (unpaired) electrons. The normalized spacial score (nSPS) is 17.5. The van der Waals surface area contributed by atoms with Gasteiger partial charge in [-0.05, 0) is 63.4 Å². The molecule has 1 amide bonds. The number of likely N-dealkylation sites (N-methyl/N-ethyl adjacent to an activating group) is 1. The first-order chi connectivity index (χ1) is 14.9. The first-order valence-corrected chi connectivity index (χ1v) is 14.9. The Bertz CT molecular complexity index is 962. The maximum Gasteiger partial charge on any atom is 0.237 e. The van der Waals surface area contributed by atoms with E-state index in [1.807, 2.05) is 12.1 Å². The number of carbonyl (C=O) groups is 1. The number of amides is 1. The second-order valence-corrected chi connectivity index (χ2v) is 12.6. The number of sulfonamides is 1. The number of rotatable bonds is 11. The Hall–Kier alpha value is -1.49. The van der Waals surface area contributed by atoms with E-state index in [-0.39, 0.29) is 12.5 Å². The van der Waals surface area contributed by atoms with E-state index in [0.717, 1.165) is 44.2 Å².